The van der Waals surface area contributed by atoms with Gasteiger partial charge in [0.05, 0.1) is 17.3 Å². The van der Waals surface area contributed by atoms with Crippen molar-refractivity contribution in [1.82, 2.24) is 5.32 Å². The van der Waals surface area contributed by atoms with E-state index in [2.05, 4.69) is 5.32 Å². The van der Waals surface area contributed by atoms with Crippen molar-refractivity contribution in [1.29, 1.82) is 0 Å². The number of methoxy groups -OCH3 is 1. The van der Waals surface area contributed by atoms with Crippen molar-refractivity contribution in [3.8, 4) is 0 Å². The number of nitrogens with two attached hydrogens (primary N) is 1. The first-order valence-electron chi connectivity index (χ1n) is 5.03. The van der Waals surface area contributed by atoms with Crippen molar-refractivity contribution in [3.05, 3.63) is 28.8 Å². The first kappa shape index (κ1) is 14.3. The van der Waals surface area contributed by atoms with E-state index in [0.29, 0.717) is 5.69 Å². The van der Waals surface area contributed by atoms with Crippen molar-refractivity contribution >= 4 is 29.2 Å². The number of nitrogens with one attached hydrogen (secondary N) is 1. The van der Waals surface area contributed by atoms with Gasteiger partial charge in [0.15, 0.2) is 6.04 Å². The summed E-state index contributed by atoms with van der Waals surface area (Å²) in [4.78, 5) is 22.6. The fourth-order valence-corrected chi connectivity index (χ4v) is 1.43. The molecule has 0 aromatic heterocycles. The van der Waals surface area contributed by atoms with Gasteiger partial charge in [0, 0.05) is 12.7 Å². The number of carboxylic acid groups (broad SMARTS) is 1. The summed E-state index contributed by atoms with van der Waals surface area (Å²) >= 11 is 5.77. The molecule has 1 aromatic rings. The van der Waals surface area contributed by atoms with Gasteiger partial charge >= 0.3 is 5.97 Å². The van der Waals surface area contributed by atoms with Crippen molar-refractivity contribution in [3.63, 3.8) is 0 Å². The molecular weight excluding hydrogens is 260 g/mol. The van der Waals surface area contributed by atoms with E-state index in [0.717, 1.165) is 0 Å². The van der Waals surface area contributed by atoms with Gasteiger partial charge in [0.25, 0.3) is 5.91 Å². The maximum Gasteiger partial charge on any atom is 0.328 e. The summed E-state index contributed by atoms with van der Waals surface area (Å²) in [5.74, 6) is -1.73. The SMILES string of the molecule is COCC(NC(=O)c1ccc(N)c(Cl)c1)C(=O)O. The quantitative estimate of drug-likeness (QED) is 0.687. The van der Waals surface area contributed by atoms with Crippen LogP contribution in [0.25, 0.3) is 0 Å². The molecular formula is C11H13ClN2O4. The Labute approximate surface area is 109 Å². The second kappa shape index (κ2) is 6.23. The molecule has 1 aromatic carbocycles. The topological polar surface area (TPSA) is 102 Å². The van der Waals surface area contributed by atoms with Gasteiger partial charge in [-0.05, 0) is 18.2 Å². The van der Waals surface area contributed by atoms with Gasteiger partial charge in [-0.15, -0.1) is 0 Å². The molecule has 0 radical (unpaired) electrons. The molecule has 0 saturated carbocycles. The molecule has 0 aliphatic heterocycles. The average molecular weight is 273 g/mol. The second-order valence-electron chi connectivity index (χ2n) is 3.56. The fourth-order valence-electron chi connectivity index (χ4n) is 1.25. The minimum atomic E-state index is -1.17. The molecule has 1 unspecified atom stereocenters. The van der Waals surface area contributed by atoms with E-state index in [9.17, 15) is 9.59 Å². The number of amides is 1. The standard InChI is InChI=1S/C11H13ClN2O4/c1-18-5-9(11(16)17)14-10(15)6-2-3-8(13)7(12)4-6/h2-4,9H,5,13H2,1H3,(H,14,15)(H,16,17). The molecule has 0 aliphatic carbocycles. The van der Waals surface area contributed by atoms with Gasteiger partial charge in [-0.25, -0.2) is 4.79 Å². The number of aliphatic carboxylic acids is 1. The third kappa shape index (κ3) is 3.61. The number of hydrogen-bond donors (Lipinski definition) is 3. The Hall–Kier alpha value is -1.79. The number of ether oxygens (including phenoxy) is 1. The lowest BCUT2D eigenvalue weighted by Crippen LogP contribution is -2.43. The predicted molar refractivity (Wildman–Crippen MR) is 66.6 cm³/mol. The molecule has 0 bridgehead atoms. The Balaban J connectivity index is 2.80. The number of rotatable bonds is 5. The third-order valence-electron chi connectivity index (χ3n) is 2.20. The van der Waals surface area contributed by atoms with Crippen LogP contribution in [0.15, 0.2) is 18.2 Å². The maximum absolute atomic E-state index is 11.8. The Kier molecular flexibility index (Phi) is 4.94. The van der Waals surface area contributed by atoms with E-state index < -0.39 is 17.9 Å². The lowest BCUT2D eigenvalue weighted by molar-refractivity contribution is -0.140. The number of hydrogen-bond acceptors (Lipinski definition) is 4. The summed E-state index contributed by atoms with van der Waals surface area (Å²) in [6.07, 6.45) is 0. The van der Waals surface area contributed by atoms with Gasteiger partial charge in [-0.3, -0.25) is 4.79 Å². The number of anilines is 1. The van der Waals surface area contributed by atoms with Crippen LogP contribution in [0.2, 0.25) is 5.02 Å². The first-order valence-corrected chi connectivity index (χ1v) is 5.41. The number of carbonyl (C=O) groups excluding carboxylic acids is 1. The summed E-state index contributed by atoms with van der Waals surface area (Å²) in [7, 11) is 1.35. The van der Waals surface area contributed by atoms with Crippen molar-refractivity contribution in [2.24, 2.45) is 0 Å². The zero-order chi connectivity index (χ0) is 13.7. The molecule has 7 heteroatoms. The van der Waals surface area contributed by atoms with Crippen LogP contribution in [0.5, 0.6) is 0 Å². The van der Waals surface area contributed by atoms with Crippen molar-refractivity contribution < 1.29 is 19.4 Å². The molecule has 98 valence electrons. The van der Waals surface area contributed by atoms with Crippen LogP contribution >= 0.6 is 11.6 Å². The molecule has 0 aliphatic rings. The van der Waals surface area contributed by atoms with Gasteiger partial charge in [0.2, 0.25) is 0 Å². The number of halogens is 1. The minimum Gasteiger partial charge on any atom is -0.480 e. The molecule has 1 rings (SSSR count). The van der Waals surface area contributed by atoms with Crippen LogP contribution in [-0.4, -0.2) is 36.7 Å². The molecule has 1 amide bonds. The Bertz CT molecular complexity index is 464. The number of benzene rings is 1. The van der Waals surface area contributed by atoms with Crippen molar-refractivity contribution in [2.75, 3.05) is 19.5 Å². The summed E-state index contributed by atoms with van der Waals surface area (Å²) in [6.45, 7) is -0.121. The summed E-state index contributed by atoms with van der Waals surface area (Å²) in [6, 6.07) is 3.20. The highest BCUT2D eigenvalue weighted by atomic mass is 35.5. The maximum atomic E-state index is 11.8. The molecule has 6 nitrogen and oxygen atoms in total. The lowest BCUT2D eigenvalue weighted by atomic mass is 10.2. The average Bonchev–Trinajstić information content (AvgIpc) is 2.31. The summed E-state index contributed by atoms with van der Waals surface area (Å²) in [5.41, 5.74) is 6.09. The molecule has 1 atom stereocenters. The third-order valence-corrected chi connectivity index (χ3v) is 2.53. The Morgan fingerprint density at radius 3 is 2.72 bits per heavy atom. The van der Waals surface area contributed by atoms with E-state index in [1.807, 2.05) is 0 Å². The van der Waals surface area contributed by atoms with E-state index in [4.69, 9.17) is 27.2 Å². The highest BCUT2D eigenvalue weighted by Crippen LogP contribution is 2.19. The highest BCUT2D eigenvalue weighted by Gasteiger charge is 2.20. The number of carbonyl (C=O) groups is 2. The minimum absolute atomic E-state index is 0.121. The van der Waals surface area contributed by atoms with Crippen LogP contribution in [0, 0.1) is 0 Å². The normalized spacial score (nSPS) is 11.9. The van der Waals surface area contributed by atoms with Crippen LogP contribution in [0.1, 0.15) is 10.4 Å². The smallest absolute Gasteiger partial charge is 0.328 e. The predicted octanol–water partition coefficient (Wildman–Crippen LogP) is 0.752. The highest BCUT2D eigenvalue weighted by molar-refractivity contribution is 6.33. The largest absolute Gasteiger partial charge is 0.480 e. The summed E-state index contributed by atoms with van der Waals surface area (Å²) in [5, 5.41) is 11.4. The number of nitrogen functional groups attached to an aromatic ring is 1. The zero-order valence-corrected chi connectivity index (χ0v) is 10.4. The molecule has 18 heavy (non-hydrogen) atoms. The second-order valence-corrected chi connectivity index (χ2v) is 3.96. The van der Waals surface area contributed by atoms with E-state index in [1.165, 1.54) is 25.3 Å². The van der Waals surface area contributed by atoms with E-state index in [-0.39, 0.29) is 17.2 Å². The van der Waals surface area contributed by atoms with Gasteiger partial charge in [-0.1, -0.05) is 11.6 Å². The molecule has 0 fully saturated rings. The van der Waals surface area contributed by atoms with Gasteiger partial charge < -0.3 is 20.9 Å². The van der Waals surface area contributed by atoms with E-state index >= 15 is 0 Å². The van der Waals surface area contributed by atoms with Gasteiger partial charge in [0.1, 0.15) is 0 Å². The molecule has 0 saturated heterocycles. The first-order chi connectivity index (χ1) is 8.45. The Morgan fingerprint density at radius 1 is 1.56 bits per heavy atom. The summed E-state index contributed by atoms with van der Waals surface area (Å²) < 4.78 is 4.70. The van der Waals surface area contributed by atoms with Crippen LogP contribution in [0.4, 0.5) is 5.69 Å². The van der Waals surface area contributed by atoms with Crippen LogP contribution in [-0.2, 0) is 9.53 Å². The lowest BCUT2D eigenvalue weighted by Gasteiger charge is -2.13. The Morgan fingerprint density at radius 2 is 2.22 bits per heavy atom. The van der Waals surface area contributed by atoms with Crippen LogP contribution in [0.3, 0.4) is 0 Å². The number of carboxylic acids is 1. The molecule has 4 N–H and O–H groups in total. The molecule has 0 heterocycles. The fraction of sp³-hybridized carbons (Fsp3) is 0.273. The zero-order valence-electron chi connectivity index (χ0n) is 9.64. The van der Waals surface area contributed by atoms with Gasteiger partial charge in [-0.2, -0.15) is 0 Å². The van der Waals surface area contributed by atoms with Crippen molar-refractivity contribution in [2.45, 2.75) is 6.04 Å². The monoisotopic (exact) mass is 272 g/mol. The van der Waals surface area contributed by atoms with E-state index in [1.54, 1.807) is 0 Å². The molecule has 0 spiro atoms. The van der Waals surface area contributed by atoms with Crippen LogP contribution < -0.4 is 11.1 Å².